The zero-order chi connectivity index (χ0) is 15.9. The molecule has 0 saturated carbocycles. The van der Waals surface area contributed by atoms with E-state index in [0.717, 1.165) is 16.5 Å². The zero-order valence-corrected chi connectivity index (χ0v) is 14.5. The molecule has 6 nitrogen and oxygen atoms in total. The molecule has 1 aromatic heterocycles. The lowest BCUT2D eigenvalue weighted by molar-refractivity contribution is 0.476. The van der Waals surface area contributed by atoms with Gasteiger partial charge in [0.05, 0.1) is 15.6 Å². The third-order valence-electron chi connectivity index (χ3n) is 3.53. The van der Waals surface area contributed by atoms with E-state index in [4.69, 9.17) is 23.2 Å². The fourth-order valence-electron chi connectivity index (χ4n) is 2.19. The van der Waals surface area contributed by atoms with E-state index < -0.39 is 0 Å². The number of nitrogens with zero attached hydrogens (tertiary/aromatic N) is 2. The van der Waals surface area contributed by atoms with Crippen LogP contribution in [0.4, 0.5) is 11.5 Å². The number of aromatic nitrogens is 2. The molecule has 8 heteroatoms. The van der Waals surface area contributed by atoms with Gasteiger partial charge in [0.25, 0.3) is 0 Å². The number of aromatic hydroxyl groups is 1. The van der Waals surface area contributed by atoms with Crippen LogP contribution in [0.15, 0.2) is 30.6 Å². The van der Waals surface area contributed by atoms with E-state index in [1.54, 1.807) is 12.1 Å². The van der Waals surface area contributed by atoms with Gasteiger partial charge in [-0.25, -0.2) is 9.97 Å². The van der Waals surface area contributed by atoms with E-state index in [2.05, 4.69) is 15.3 Å². The zero-order valence-electron chi connectivity index (χ0n) is 13.0. The summed E-state index contributed by atoms with van der Waals surface area (Å²) < 4.78 is 0. The smallest absolute Gasteiger partial charge is 0.152 e. The quantitative estimate of drug-likeness (QED) is 0.672. The van der Waals surface area contributed by atoms with Crippen molar-refractivity contribution < 1.29 is 16.1 Å². The summed E-state index contributed by atoms with van der Waals surface area (Å²) in [4.78, 5) is 8.58. The summed E-state index contributed by atoms with van der Waals surface area (Å²) in [7, 11) is 0. The second kappa shape index (κ2) is 7.63. The summed E-state index contributed by atoms with van der Waals surface area (Å²) in [6.07, 6.45) is 1.50. The number of fused-ring (bicyclic) bond motifs is 1. The SMILES string of the molecule is Cc1cc2ncnc(Nc3cc(Cl)c(O)c(Cl)c3)c2cc1C.O.O. The van der Waals surface area contributed by atoms with Crippen molar-refractivity contribution in [3.05, 3.63) is 51.8 Å². The molecule has 0 aliphatic heterocycles. The number of aryl methyl sites for hydroxylation is 2. The molecule has 0 aliphatic rings. The predicted octanol–water partition coefficient (Wildman–Crippen LogP) is 3.35. The Balaban J connectivity index is 0.00000144. The van der Waals surface area contributed by atoms with E-state index in [1.807, 2.05) is 26.0 Å². The normalized spacial score (nSPS) is 10.0. The first-order valence-electron chi connectivity index (χ1n) is 6.62. The topological polar surface area (TPSA) is 121 Å². The van der Waals surface area contributed by atoms with Crippen molar-refractivity contribution >= 4 is 45.6 Å². The lowest BCUT2D eigenvalue weighted by Crippen LogP contribution is -1.97. The Bertz CT molecular complexity index is 865. The van der Waals surface area contributed by atoms with Crippen LogP contribution in [0.1, 0.15) is 11.1 Å². The Hall–Kier alpha value is -2.12. The number of hydrogen-bond acceptors (Lipinski definition) is 4. The first kappa shape index (κ1) is 19.9. The molecule has 6 N–H and O–H groups in total. The van der Waals surface area contributed by atoms with Crippen LogP contribution in [0.3, 0.4) is 0 Å². The molecule has 0 bridgehead atoms. The third-order valence-corrected chi connectivity index (χ3v) is 4.11. The highest BCUT2D eigenvalue weighted by atomic mass is 35.5. The van der Waals surface area contributed by atoms with Crippen molar-refractivity contribution in [3.63, 3.8) is 0 Å². The second-order valence-electron chi connectivity index (χ2n) is 5.09. The van der Waals surface area contributed by atoms with Crippen molar-refractivity contribution in [2.45, 2.75) is 13.8 Å². The van der Waals surface area contributed by atoms with Crippen molar-refractivity contribution in [2.24, 2.45) is 0 Å². The standard InChI is InChI=1S/C16H13Cl2N3O.2H2O/c1-8-3-11-14(4-9(8)2)19-7-20-16(11)21-10-5-12(17)15(22)13(18)6-10;;/h3-7,22H,1-2H3,(H,19,20,21);2*1H2. The van der Waals surface area contributed by atoms with Crippen LogP contribution in [-0.2, 0) is 0 Å². The average Bonchev–Trinajstić information content (AvgIpc) is 2.47. The van der Waals surface area contributed by atoms with Crippen LogP contribution in [-0.4, -0.2) is 26.0 Å². The van der Waals surface area contributed by atoms with Gasteiger partial charge in [0.2, 0.25) is 0 Å². The maximum absolute atomic E-state index is 9.62. The molecule has 0 radical (unpaired) electrons. The van der Waals surface area contributed by atoms with Crippen molar-refractivity contribution in [3.8, 4) is 5.75 Å². The number of benzene rings is 2. The highest BCUT2D eigenvalue weighted by molar-refractivity contribution is 6.37. The maximum Gasteiger partial charge on any atom is 0.152 e. The van der Waals surface area contributed by atoms with E-state index in [1.165, 1.54) is 11.9 Å². The molecule has 2 aromatic carbocycles. The lowest BCUT2D eigenvalue weighted by Gasteiger charge is -2.11. The first-order chi connectivity index (χ1) is 10.5. The molecule has 1 heterocycles. The van der Waals surface area contributed by atoms with Crippen LogP contribution < -0.4 is 5.32 Å². The van der Waals surface area contributed by atoms with Gasteiger partial charge in [0, 0.05) is 11.1 Å². The van der Waals surface area contributed by atoms with Crippen LogP contribution in [0.25, 0.3) is 10.9 Å². The van der Waals surface area contributed by atoms with Gasteiger partial charge in [-0.1, -0.05) is 23.2 Å². The summed E-state index contributed by atoms with van der Waals surface area (Å²) >= 11 is 11.9. The summed E-state index contributed by atoms with van der Waals surface area (Å²) in [5.74, 6) is 0.527. The third kappa shape index (κ3) is 3.68. The van der Waals surface area contributed by atoms with Crippen molar-refractivity contribution in [2.75, 3.05) is 5.32 Å². The molecule has 3 aromatic rings. The molecule has 24 heavy (non-hydrogen) atoms. The maximum atomic E-state index is 9.62. The second-order valence-corrected chi connectivity index (χ2v) is 5.90. The number of rotatable bonds is 2. The summed E-state index contributed by atoms with van der Waals surface area (Å²) in [5, 5.41) is 14.1. The minimum Gasteiger partial charge on any atom is -0.505 e. The van der Waals surface area contributed by atoms with E-state index in [-0.39, 0.29) is 26.7 Å². The van der Waals surface area contributed by atoms with Crippen LogP contribution >= 0.6 is 23.2 Å². The molecule has 0 saturated heterocycles. The Morgan fingerprint density at radius 1 is 0.917 bits per heavy atom. The highest BCUT2D eigenvalue weighted by Crippen LogP contribution is 2.36. The number of hydrogen-bond donors (Lipinski definition) is 2. The van der Waals surface area contributed by atoms with Crippen molar-refractivity contribution in [1.29, 1.82) is 0 Å². The molecular weight excluding hydrogens is 353 g/mol. The molecule has 0 aliphatic carbocycles. The minimum absolute atomic E-state index is 0. The van der Waals surface area contributed by atoms with Crippen LogP contribution in [0, 0.1) is 13.8 Å². The Morgan fingerprint density at radius 3 is 2.12 bits per heavy atom. The monoisotopic (exact) mass is 369 g/mol. The number of anilines is 2. The Labute approximate surface area is 148 Å². The van der Waals surface area contributed by atoms with Gasteiger partial charge in [0.15, 0.2) is 5.75 Å². The van der Waals surface area contributed by atoms with Gasteiger partial charge in [-0.3, -0.25) is 0 Å². The molecular formula is C16H17Cl2N3O3. The molecule has 0 amide bonds. The van der Waals surface area contributed by atoms with E-state index in [9.17, 15) is 5.11 Å². The molecule has 0 fully saturated rings. The Kier molecular flexibility index (Phi) is 6.34. The van der Waals surface area contributed by atoms with Crippen molar-refractivity contribution in [1.82, 2.24) is 9.97 Å². The van der Waals surface area contributed by atoms with Gasteiger partial charge in [-0.15, -0.1) is 0 Å². The predicted molar refractivity (Wildman–Crippen MR) is 97.6 cm³/mol. The van der Waals surface area contributed by atoms with Gasteiger partial charge < -0.3 is 21.4 Å². The highest BCUT2D eigenvalue weighted by Gasteiger charge is 2.10. The molecule has 0 unspecified atom stereocenters. The fourth-order valence-corrected chi connectivity index (χ4v) is 2.68. The summed E-state index contributed by atoms with van der Waals surface area (Å²) in [6.45, 7) is 4.09. The largest absolute Gasteiger partial charge is 0.505 e. The van der Waals surface area contributed by atoms with E-state index in [0.29, 0.717) is 11.5 Å². The fraction of sp³-hybridized carbons (Fsp3) is 0.125. The lowest BCUT2D eigenvalue weighted by atomic mass is 10.1. The van der Waals surface area contributed by atoms with Crippen LogP contribution in [0.2, 0.25) is 10.0 Å². The number of phenols is 1. The Morgan fingerprint density at radius 2 is 1.50 bits per heavy atom. The number of phenolic OH excluding ortho intramolecular Hbond substituents is 1. The van der Waals surface area contributed by atoms with Crippen LogP contribution in [0.5, 0.6) is 5.75 Å². The average molecular weight is 370 g/mol. The number of nitrogens with one attached hydrogen (secondary N) is 1. The summed E-state index contributed by atoms with van der Waals surface area (Å²) in [6, 6.07) is 7.25. The van der Waals surface area contributed by atoms with E-state index >= 15 is 0 Å². The van der Waals surface area contributed by atoms with Gasteiger partial charge >= 0.3 is 0 Å². The van der Waals surface area contributed by atoms with Gasteiger partial charge in [0.1, 0.15) is 12.1 Å². The van der Waals surface area contributed by atoms with Gasteiger partial charge in [-0.2, -0.15) is 0 Å². The molecule has 0 spiro atoms. The molecule has 3 rings (SSSR count). The first-order valence-corrected chi connectivity index (χ1v) is 7.38. The number of halogens is 2. The molecule has 128 valence electrons. The summed E-state index contributed by atoms with van der Waals surface area (Å²) in [5.41, 5.74) is 3.84. The molecule has 0 atom stereocenters. The minimum atomic E-state index is -0.132. The van der Waals surface area contributed by atoms with Gasteiger partial charge in [-0.05, 0) is 49.2 Å².